The molecule has 8 bridgehead atoms. The number of fused-ring (bicyclic) bond motifs is 8. The molecule has 5 heterocycles. The van der Waals surface area contributed by atoms with Gasteiger partial charge in [-0.05, 0) is 118 Å². The van der Waals surface area contributed by atoms with E-state index >= 15 is 0 Å². The molecule has 0 saturated heterocycles. The molecule has 2 N–H and O–H groups in total. The van der Waals surface area contributed by atoms with E-state index in [4.69, 9.17) is 9.97 Å². The Balaban J connectivity index is 1.34. The maximum atomic E-state index is 5.65. The summed E-state index contributed by atoms with van der Waals surface area (Å²) in [5.74, 6) is 9.58. The van der Waals surface area contributed by atoms with Gasteiger partial charge >= 0.3 is 0 Å². The molecule has 6 aliphatic rings. The molecule has 3 aromatic rings. The van der Waals surface area contributed by atoms with Crippen molar-refractivity contribution in [1.29, 1.82) is 0 Å². The molecule has 270 valence electrons. The van der Waals surface area contributed by atoms with Gasteiger partial charge in [-0.25, -0.2) is 9.97 Å². The van der Waals surface area contributed by atoms with Crippen molar-refractivity contribution in [1.82, 2.24) is 19.9 Å². The Hall–Kier alpha value is -3.84. The van der Waals surface area contributed by atoms with Crippen molar-refractivity contribution in [3.8, 4) is 11.8 Å². The van der Waals surface area contributed by atoms with Crippen molar-refractivity contribution >= 4 is 46.4 Å². The average Bonchev–Trinajstić information content (AvgIpc) is 4.00. The van der Waals surface area contributed by atoms with Gasteiger partial charge in [0.1, 0.15) is 0 Å². The van der Waals surface area contributed by atoms with Gasteiger partial charge in [-0.3, -0.25) is 0 Å². The van der Waals surface area contributed by atoms with Crippen LogP contribution in [0.1, 0.15) is 204 Å². The normalized spacial score (nSPS) is 21.1. The Kier molecular flexibility index (Phi) is 10.2. The number of hydrogen-bond acceptors (Lipinski definition) is 2. The molecule has 4 fully saturated rings. The van der Waals surface area contributed by atoms with Gasteiger partial charge in [0.2, 0.25) is 0 Å². The van der Waals surface area contributed by atoms with E-state index in [1.165, 1.54) is 186 Å². The maximum absolute atomic E-state index is 5.65. The fraction of sp³-hybridized carbons (Fsp3) is 0.542. The van der Waals surface area contributed by atoms with Crippen LogP contribution in [0.4, 0.5) is 0 Å². The number of hydrogen-bond donors (Lipinski definition) is 2. The van der Waals surface area contributed by atoms with Crippen molar-refractivity contribution in [2.24, 2.45) is 5.92 Å². The minimum atomic E-state index is 0.469. The molecule has 0 atom stereocenters. The second-order valence-corrected chi connectivity index (χ2v) is 16.9. The Bertz CT molecular complexity index is 2030. The molecule has 0 amide bonds. The van der Waals surface area contributed by atoms with Crippen LogP contribution in [-0.4, -0.2) is 19.9 Å². The standard InChI is InChI=1S/C48H58N4/c1-2-8-16-33(15-7-1)23-24-37-38-25-27-40(49-38)46(34-17-9-3-4-10-18-34)42-29-31-44(51-42)48(35-19-11-5-6-12-20-35)45-32-30-43(52-45)47(36-21-13-14-22-36)41-28-26-39(37)50-41/h25-36,49,52H,1-22H2. The van der Waals surface area contributed by atoms with Crippen LogP contribution >= 0.6 is 0 Å². The smallest absolute Gasteiger partial charge is 0.0815 e. The molecule has 2 aliphatic heterocycles. The zero-order valence-electron chi connectivity index (χ0n) is 31.4. The van der Waals surface area contributed by atoms with Crippen LogP contribution in [-0.2, 0) is 0 Å². The summed E-state index contributed by atoms with van der Waals surface area (Å²) < 4.78 is 0. The number of nitrogens with zero attached hydrogens (tertiary/aromatic N) is 2. The summed E-state index contributed by atoms with van der Waals surface area (Å²) in [4.78, 5) is 19.2. The van der Waals surface area contributed by atoms with E-state index < -0.39 is 0 Å². The number of aromatic amines is 2. The lowest BCUT2D eigenvalue weighted by Crippen LogP contribution is -2.03. The number of rotatable bonds is 3. The molecule has 0 spiro atoms. The Morgan fingerprint density at radius 3 is 1.21 bits per heavy atom. The largest absolute Gasteiger partial charge is 0.355 e. The van der Waals surface area contributed by atoms with E-state index in [0.29, 0.717) is 23.7 Å². The van der Waals surface area contributed by atoms with Crippen molar-refractivity contribution < 1.29 is 0 Å². The highest BCUT2D eigenvalue weighted by atomic mass is 14.8. The predicted octanol–water partition coefficient (Wildman–Crippen LogP) is 13.5. The molecule has 0 aromatic carbocycles. The summed E-state index contributed by atoms with van der Waals surface area (Å²) in [5.41, 5.74) is 14.6. The Labute approximate surface area is 311 Å². The highest BCUT2D eigenvalue weighted by Gasteiger charge is 2.26. The third-order valence-corrected chi connectivity index (χ3v) is 13.4. The van der Waals surface area contributed by atoms with Crippen LogP contribution in [0, 0.1) is 17.8 Å². The first-order valence-electron chi connectivity index (χ1n) is 21.5. The van der Waals surface area contributed by atoms with Gasteiger partial charge in [-0.2, -0.15) is 0 Å². The van der Waals surface area contributed by atoms with Crippen molar-refractivity contribution in [3.63, 3.8) is 0 Å². The molecule has 4 saturated carbocycles. The maximum Gasteiger partial charge on any atom is 0.0815 e. The topological polar surface area (TPSA) is 57.4 Å². The number of aromatic nitrogens is 4. The third kappa shape index (κ3) is 7.10. The lowest BCUT2D eigenvalue weighted by atomic mass is 9.90. The highest BCUT2D eigenvalue weighted by molar-refractivity contribution is 5.85. The van der Waals surface area contributed by atoms with E-state index in [9.17, 15) is 0 Å². The van der Waals surface area contributed by atoms with Gasteiger partial charge < -0.3 is 9.97 Å². The molecule has 4 nitrogen and oxygen atoms in total. The molecule has 9 rings (SSSR count). The quantitative estimate of drug-likeness (QED) is 0.146. The minimum absolute atomic E-state index is 0.469. The first-order chi connectivity index (χ1) is 25.8. The van der Waals surface area contributed by atoms with E-state index in [0.717, 1.165) is 22.5 Å². The van der Waals surface area contributed by atoms with Crippen LogP contribution in [0.15, 0.2) is 24.3 Å². The van der Waals surface area contributed by atoms with Crippen LogP contribution in [0.2, 0.25) is 0 Å². The molecule has 52 heavy (non-hydrogen) atoms. The summed E-state index contributed by atoms with van der Waals surface area (Å²) in [6.07, 6.45) is 37.6. The molecule has 4 aliphatic carbocycles. The van der Waals surface area contributed by atoms with Gasteiger partial charge in [-0.15, -0.1) is 0 Å². The molecular formula is C48H58N4. The van der Waals surface area contributed by atoms with Gasteiger partial charge in [0.15, 0.2) is 0 Å². The monoisotopic (exact) mass is 690 g/mol. The van der Waals surface area contributed by atoms with Crippen LogP contribution < -0.4 is 0 Å². The summed E-state index contributed by atoms with van der Waals surface area (Å²) in [6.45, 7) is 0. The second kappa shape index (κ2) is 15.6. The van der Waals surface area contributed by atoms with E-state index in [-0.39, 0.29) is 0 Å². The first-order valence-corrected chi connectivity index (χ1v) is 21.5. The first kappa shape index (κ1) is 34.0. The van der Waals surface area contributed by atoms with Gasteiger partial charge in [-0.1, -0.05) is 102 Å². The summed E-state index contributed by atoms with van der Waals surface area (Å²) >= 11 is 0. The van der Waals surface area contributed by atoms with E-state index in [1.807, 2.05) is 0 Å². The summed E-state index contributed by atoms with van der Waals surface area (Å²) in [7, 11) is 0. The summed E-state index contributed by atoms with van der Waals surface area (Å²) in [6, 6.07) is 9.37. The summed E-state index contributed by atoms with van der Waals surface area (Å²) in [5, 5.41) is 0. The second-order valence-electron chi connectivity index (χ2n) is 16.9. The van der Waals surface area contributed by atoms with Gasteiger partial charge in [0.25, 0.3) is 0 Å². The van der Waals surface area contributed by atoms with E-state index in [2.05, 4.69) is 70.4 Å². The highest BCUT2D eigenvalue weighted by Crippen LogP contribution is 2.42. The molecule has 0 radical (unpaired) electrons. The Morgan fingerprint density at radius 2 is 0.750 bits per heavy atom. The third-order valence-electron chi connectivity index (χ3n) is 13.4. The lowest BCUT2D eigenvalue weighted by Gasteiger charge is -2.17. The predicted molar refractivity (Wildman–Crippen MR) is 219 cm³/mol. The molecule has 0 unspecified atom stereocenters. The number of H-pyrrole nitrogens is 2. The fourth-order valence-corrected chi connectivity index (χ4v) is 10.6. The van der Waals surface area contributed by atoms with Crippen LogP contribution in [0.3, 0.4) is 0 Å². The van der Waals surface area contributed by atoms with Crippen molar-refractivity contribution in [2.45, 2.75) is 159 Å². The van der Waals surface area contributed by atoms with Crippen LogP contribution in [0.25, 0.3) is 46.4 Å². The molecule has 3 aromatic heterocycles. The van der Waals surface area contributed by atoms with Crippen molar-refractivity contribution in [3.05, 3.63) is 69.3 Å². The van der Waals surface area contributed by atoms with Gasteiger partial charge in [0.05, 0.1) is 33.9 Å². The van der Waals surface area contributed by atoms with Crippen molar-refractivity contribution in [2.75, 3.05) is 0 Å². The van der Waals surface area contributed by atoms with E-state index in [1.54, 1.807) is 0 Å². The zero-order chi connectivity index (χ0) is 34.7. The van der Waals surface area contributed by atoms with Crippen LogP contribution in [0.5, 0.6) is 0 Å². The SMILES string of the molecule is C(#CC1CCCCCC1)c1c2nc(c(C3CCCC3)c3ccc([nH]3)c(C3CCCCCC3)c3nc(c(C4CCCCCC4)c4ccc1[nH]4)C=C3)C=C2. The lowest BCUT2D eigenvalue weighted by molar-refractivity contribution is 0.577. The van der Waals surface area contributed by atoms with Gasteiger partial charge in [0, 0.05) is 39.2 Å². The average molecular weight is 691 g/mol. The fourth-order valence-electron chi connectivity index (χ4n) is 10.6. The Morgan fingerprint density at radius 1 is 0.404 bits per heavy atom. The zero-order valence-corrected chi connectivity index (χ0v) is 31.4. The molecular weight excluding hydrogens is 633 g/mol. The minimum Gasteiger partial charge on any atom is -0.355 e. The molecule has 4 heteroatoms. The number of nitrogens with one attached hydrogen (secondary N) is 2.